The number of nitrogens with zero attached hydrogens (tertiary/aromatic N) is 1. The molecule has 0 bridgehead atoms. The fourth-order valence-electron chi connectivity index (χ4n) is 3.25. The lowest BCUT2D eigenvalue weighted by atomic mass is 9.96. The molecular formula is C21H27ClN4O2. The molecule has 1 fully saturated rings. The minimum absolute atomic E-state index is 0. The van der Waals surface area contributed by atoms with Gasteiger partial charge in [-0.05, 0) is 62.1 Å². The number of anilines is 2. The number of hydrogen-bond acceptors (Lipinski definition) is 3. The van der Waals surface area contributed by atoms with Gasteiger partial charge < -0.3 is 21.3 Å². The fraction of sp³-hybridized carbons (Fsp3) is 0.333. The third kappa shape index (κ3) is 5.47. The molecule has 0 atom stereocenters. The Morgan fingerprint density at radius 2 is 1.75 bits per heavy atom. The molecule has 1 heterocycles. The van der Waals surface area contributed by atoms with Crippen LogP contribution in [0.2, 0.25) is 0 Å². The molecule has 1 saturated heterocycles. The van der Waals surface area contributed by atoms with Crippen molar-refractivity contribution in [2.24, 2.45) is 11.7 Å². The number of rotatable bonds is 4. The van der Waals surface area contributed by atoms with Gasteiger partial charge in [0, 0.05) is 30.0 Å². The summed E-state index contributed by atoms with van der Waals surface area (Å²) in [5.74, 6) is 0.503. The average Bonchev–Trinajstić information content (AvgIpc) is 2.70. The van der Waals surface area contributed by atoms with Gasteiger partial charge in [-0.2, -0.15) is 0 Å². The molecule has 28 heavy (non-hydrogen) atoms. The van der Waals surface area contributed by atoms with Gasteiger partial charge in [0.2, 0.25) is 0 Å². The third-order valence-electron chi connectivity index (χ3n) is 5.00. The van der Waals surface area contributed by atoms with Gasteiger partial charge in [-0.25, -0.2) is 4.79 Å². The summed E-state index contributed by atoms with van der Waals surface area (Å²) in [6.07, 6.45) is 1.89. The molecule has 150 valence electrons. The number of halogens is 1. The number of aryl methyl sites for hydroxylation is 1. The number of urea groups is 1. The summed E-state index contributed by atoms with van der Waals surface area (Å²) in [4.78, 5) is 26.9. The van der Waals surface area contributed by atoms with Crippen LogP contribution in [0, 0.1) is 12.8 Å². The quantitative estimate of drug-likeness (QED) is 0.725. The number of carbonyl (C=O) groups excluding carboxylic acids is 2. The van der Waals surface area contributed by atoms with Crippen molar-refractivity contribution in [2.45, 2.75) is 19.8 Å². The second-order valence-corrected chi connectivity index (χ2v) is 6.95. The van der Waals surface area contributed by atoms with Crippen LogP contribution in [0.4, 0.5) is 16.2 Å². The molecular weight excluding hydrogens is 376 g/mol. The molecule has 0 spiro atoms. The Morgan fingerprint density at radius 3 is 2.39 bits per heavy atom. The Labute approximate surface area is 171 Å². The number of nitrogens with two attached hydrogens (primary N) is 1. The number of likely N-dealkylation sites (tertiary alicyclic amines) is 1. The van der Waals surface area contributed by atoms with Gasteiger partial charge in [0.05, 0.1) is 0 Å². The maximum atomic E-state index is 12.8. The summed E-state index contributed by atoms with van der Waals surface area (Å²) in [5, 5.41) is 5.62. The van der Waals surface area contributed by atoms with Gasteiger partial charge in [-0.1, -0.05) is 24.3 Å². The van der Waals surface area contributed by atoms with E-state index < -0.39 is 0 Å². The number of benzene rings is 2. The highest BCUT2D eigenvalue weighted by Gasteiger charge is 2.23. The molecule has 4 N–H and O–H groups in total. The standard InChI is InChI=1S/C21H26N4O2.ClH/c1-15-7-8-17(20(26)25-11-9-16(14-22)10-12-25)13-19(15)24-21(27)23-18-5-3-2-4-6-18;/h2-8,13,16H,9-12,14,22H2,1H3,(H2,23,24,27);1H. The van der Waals surface area contributed by atoms with E-state index in [-0.39, 0.29) is 24.3 Å². The summed E-state index contributed by atoms with van der Waals surface area (Å²) in [7, 11) is 0. The summed E-state index contributed by atoms with van der Waals surface area (Å²) < 4.78 is 0. The van der Waals surface area contributed by atoms with Crippen molar-refractivity contribution >= 4 is 35.7 Å². The Hall–Kier alpha value is -2.57. The maximum absolute atomic E-state index is 12.8. The number of amides is 3. The lowest BCUT2D eigenvalue weighted by molar-refractivity contribution is 0.0693. The van der Waals surface area contributed by atoms with E-state index in [1.807, 2.05) is 54.3 Å². The second kappa shape index (κ2) is 10.1. The summed E-state index contributed by atoms with van der Waals surface area (Å²) in [5.41, 5.74) is 8.55. The maximum Gasteiger partial charge on any atom is 0.323 e. The van der Waals surface area contributed by atoms with E-state index in [9.17, 15) is 9.59 Å². The first kappa shape index (κ1) is 21.7. The Balaban J connectivity index is 0.00000280. The zero-order valence-electron chi connectivity index (χ0n) is 16.0. The monoisotopic (exact) mass is 402 g/mol. The van der Waals surface area contributed by atoms with E-state index in [0.29, 0.717) is 29.4 Å². The van der Waals surface area contributed by atoms with Gasteiger partial charge in [0.15, 0.2) is 0 Å². The van der Waals surface area contributed by atoms with Crippen LogP contribution >= 0.6 is 12.4 Å². The number of carbonyl (C=O) groups is 2. The Kier molecular flexibility index (Phi) is 7.84. The fourth-order valence-corrected chi connectivity index (χ4v) is 3.25. The normalized spacial score (nSPS) is 14.1. The van der Waals surface area contributed by atoms with Crippen LogP contribution in [0.1, 0.15) is 28.8 Å². The van der Waals surface area contributed by atoms with Crippen LogP contribution in [0.25, 0.3) is 0 Å². The predicted molar refractivity (Wildman–Crippen MR) is 115 cm³/mol. The lowest BCUT2D eigenvalue weighted by Gasteiger charge is -2.31. The molecule has 0 aliphatic carbocycles. The molecule has 7 heteroatoms. The Morgan fingerprint density at radius 1 is 1.07 bits per heavy atom. The average molecular weight is 403 g/mol. The molecule has 0 saturated carbocycles. The zero-order valence-corrected chi connectivity index (χ0v) is 16.8. The molecule has 2 aromatic rings. The van der Waals surface area contributed by atoms with Crippen molar-refractivity contribution in [1.29, 1.82) is 0 Å². The van der Waals surface area contributed by atoms with Crippen molar-refractivity contribution in [1.82, 2.24) is 4.90 Å². The second-order valence-electron chi connectivity index (χ2n) is 6.95. The molecule has 1 aliphatic heterocycles. The summed E-state index contributed by atoms with van der Waals surface area (Å²) in [6.45, 7) is 4.04. The van der Waals surface area contributed by atoms with Gasteiger partial charge >= 0.3 is 6.03 Å². The zero-order chi connectivity index (χ0) is 19.2. The molecule has 0 unspecified atom stereocenters. The molecule has 6 nitrogen and oxygen atoms in total. The van der Waals surface area contributed by atoms with Crippen molar-refractivity contribution in [3.05, 3.63) is 59.7 Å². The number of hydrogen-bond donors (Lipinski definition) is 3. The predicted octanol–water partition coefficient (Wildman–Crippen LogP) is 3.87. The summed E-state index contributed by atoms with van der Waals surface area (Å²) in [6, 6.07) is 14.3. The van der Waals surface area contributed by atoms with E-state index in [4.69, 9.17) is 5.73 Å². The van der Waals surface area contributed by atoms with Gasteiger partial charge in [-0.3, -0.25) is 4.79 Å². The summed E-state index contributed by atoms with van der Waals surface area (Å²) >= 11 is 0. The first-order chi connectivity index (χ1) is 13.1. The molecule has 3 rings (SSSR count). The van der Waals surface area contributed by atoms with Crippen LogP contribution in [0.3, 0.4) is 0 Å². The first-order valence-electron chi connectivity index (χ1n) is 9.30. The van der Waals surface area contributed by atoms with E-state index in [1.165, 1.54) is 0 Å². The number of nitrogens with one attached hydrogen (secondary N) is 2. The number of piperidine rings is 1. The highest BCUT2D eigenvalue weighted by atomic mass is 35.5. The largest absolute Gasteiger partial charge is 0.339 e. The smallest absolute Gasteiger partial charge is 0.323 e. The van der Waals surface area contributed by atoms with Crippen LogP contribution in [0.5, 0.6) is 0 Å². The topological polar surface area (TPSA) is 87.5 Å². The first-order valence-corrected chi connectivity index (χ1v) is 9.30. The van der Waals surface area contributed by atoms with Crippen LogP contribution in [-0.4, -0.2) is 36.5 Å². The highest BCUT2D eigenvalue weighted by molar-refractivity contribution is 6.02. The third-order valence-corrected chi connectivity index (χ3v) is 5.00. The Bertz CT molecular complexity index is 805. The minimum Gasteiger partial charge on any atom is -0.339 e. The molecule has 2 aromatic carbocycles. The molecule has 1 aliphatic rings. The van der Waals surface area contributed by atoms with E-state index in [2.05, 4.69) is 10.6 Å². The van der Waals surface area contributed by atoms with E-state index >= 15 is 0 Å². The molecule has 0 radical (unpaired) electrons. The van der Waals surface area contributed by atoms with Crippen LogP contribution < -0.4 is 16.4 Å². The SMILES string of the molecule is Cc1ccc(C(=O)N2CCC(CN)CC2)cc1NC(=O)Nc1ccccc1.Cl. The van der Waals surface area contributed by atoms with E-state index in [1.54, 1.807) is 6.07 Å². The van der Waals surface area contributed by atoms with Crippen LogP contribution in [-0.2, 0) is 0 Å². The van der Waals surface area contributed by atoms with Crippen molar-refractivity contribution in [2.75, 3.05) is 30.3 Å². The number of para-hydroxylation sites is 1. The van der Waals surface area contributed by atoms with E-state index in [0.717, 1.165) is 31.5 Å². The lowest BCUT2D eigenvalue weighted by Crippen LogP contribution is -2.40. The van der Waals surface area contributed by atoms with Gasteiger partial charge in [-0.15, -0.1) is 12.4 Å². The van der Waals surface area contributed by atoms with Crippen LogP contribution in [0.15, 0.2) is 48.5 Å². The van der Waals surface area contributed by atoms with Crippen molar-refractivity contribution < 1.29 is 9.59 Å². The van der Waals surface area contributed by atoms with Gasteiger partial charge in [0.1, 0.15) is 0 Å². The van der Waals surface area contributed by atoms with Crippen molar-refractivity contribution in [3.63, 3.8) is 0 Å². The molecule has 3 amide bonds. The highest BCUT2D eigenvalue weighted by Crippen LogP contribution is 2.22. The van der Waals surface area contributed by atoms with Gasteiger partial charge in [0.25, 0.3) is 5.91 Å². The molecule has 0 aromatic heterocycles. The van der Waals surface area contributed by atoms with Crippen molar-refractivity contribution in [3.8, 4) is 0 Å². The minimum atomic E-state index is -0.336.